The highest BCUT2D eigenvalue weighted by Gasteiger charge is 2.39. The van der Waals surface area contributed by atoms with E-state index in [1.165, 1.54) is 25.3 Å². The Morgan fingerprint density at radius 1 is 1.11 bits per heavy atom. The summed E-state index contributed by atoms with van der Waals surface area (Å²) < 4.78 is 31.3. The predicted octanol–water partition coefficient (Wildman–Crippen LogP) is 8.24. The van der Waals surface area contributed by atoms with Crippen LogP contribution in [0.25, 0.3) is 0 Å². The second-order valence-electron chi connectivity index (χ2n) is 10.9. The maximum Gasteiger partial charge on any atom is 0.251 e. The van der Waals surface area contributed by atoms with Crippen molar-refractivity contribution < 1.29 is 23.1 Å². The molecule has 1 aliphatic heterocycles. The van der Waals surface area contributed by atoms with Crippen LogP contribution < -0.4 is 20.7 Å². The van der Waals surface area contributed by atoms with Crippen molar-refractivity contribution in [2.45, 2.75) is 53.0 Å². The van der Waals surface area contributed by atoms with Gasteiger partial charge in [-0.2, -0.15) is 5.26 Å². The minimum absolute atomic E-state index is 0.100. The fraction of sp³-hybridized carbons (Fsp3) is 0.382. The van der Waals surface area contributed by atoms with E-state index in [4.69, 9.17) is 27.9 Å². The fourth-order valence-corrected chi connectivity index (χ4v) is 4.94. The number of halogens is 4. The molecule has 0 radical (unpaired) electrons. The van der Waals surface area contributed by atoms with Crippen molar-refractivity contribution in [2.24, 2.45) is 11.3 Å². The normalized spacial score (nSPS) is 16.6. The van der Waals surface area contributed by atoms with Gasteiger partial charge >= 0.3 is 0 Å². The summed E-state index contributed by atoms with van der Waals surface area (Å²) in [5.41, 5.74) is 1.69. The van der Waals surface area contributed by atoms with Crippen molar-refractivity contribution in [1.82, 2.24) is 10.6 Å². The van der Waals surface area contributed by atoms with Gasteiger partial charge in [-0.3, -0.25) is 9.59 Å². The van der Waals surface area contributed by atoms with Gasteiger partial charge in [0, 0.05) is 36.1 Å². The molecule has 45 heavy (non-hydrogen) atoms. The average molecular weight is 664 g/mol. The summed E-state index contributed by atoms with van der Waals surface area (Å²) in [4.78, 5) is 21.6. The zero-order valence-corrected chi connectivity index (χ0v) is 28.2. The first-order valence-corrected chi connectivity index (χ1v) is 15.2. The van der Waals surface area contributed by atoms with E-state index < -0.39 is 5.82 Å². The molecule has 1 saturated heterocycles. The molecule has 0 bridgehead atoms. The maximum absolute atomic E-state index is 14.2. The van der Waals surface area contributed by atoms with Crippen LogP contribution in [0.3, 0.4) is 0 Å². The van der Waals surface area contributed by atoms with E-state index in [0.717, 1.165) is 6.42 Å². The number of benzene rings is 3. The van der Waals surface area contributed by atoms with E-state index in [1.807, 2.05) is 13.8 Å². The van der Waals surface area contributed by atoms with Gasteiger partial charge in [0.1, 0.15) is 17.4 Å². The third-order valence-corrected chi connectivity index (χ3v) is 7.05. The van der Waals surface area contributed by atoms with Crippen molar-refractivity contribution in [3.63, 3.8) is 0 Å². The molecule has 1 fully saturated rings. The molecule has 3 atom stereocenters. The number of amides is 2. The summed E-state index contributed by atoms with van der Waals surface area (Å²) in [7, 11) is 3.02. The van der Waals surface area contributed by atoms with Crippen LogP contribution in [0.2, 0.25) is 10.0 Å². The number of hydrogen-bond acceptors (Lipinski definition) is 5. The molecule has 1 heterocycles. The lowest BCUT2D eigenvalue weighted by Crippen LogP contribution is -2.31. The van der Waals surface area contributed by atoms with Crippen LogP contribution in [0.4, 0.5) is 14.5 Å². The van der Waals surface area contributed by atoms with Gasteiger partial charge in [0.2, 0.25) is 6.41 Å². The topological polar surface area (TPSA) is 103 Å². The van der Waals surface area contributed by atoms with Crippen molar-refractivity contribution in [3.05, 3.63) is 93.5 Å². The summed E-state index contributed by atoms with van der Waals surface area (Å²) in [6.45, 7) is 11.1. The molecular formula is C34H42Cl2F2N4O3. The second-order valence-corrected chi connectivity index (χ2v) is 11.7. The SMILES string of the molecule is CC.CC(C)(C)CC1NCC(c2cccc(Cl)c2F)C1C#N.CNC(=O)c1ccc(NC=O)c(OC)c1.Fc1cccc(Cl)c1. The van der Waals surface area contributed by atoms with E-state index in [2.05, 4.69) is 42.8 Å². The molecule has 3 unspecified atom stereocenters. The first-order valence-electron chi connectivity index (χ1n) is 14.4. The van der Waals surface area contributed by atoms with E-state index in [0.29, 0.717) is 40.5 Å². The summed E-state index contributed by atoms with van der Waals surface area (Å²) >= 11 is 11.3. The number of anilines is 1. The summed E-state index contributed by atoms with van der Waals surface area (Å²) in [5.74, 6) is -0.794. The monoisotopic (exact) mass is 662 g/mol. The lowest BCUT2D eigenvalue weighted by molar-refractivity contribution is -0.105. The highest BCUT2D eigenvalue weighted by Crippen LogP contribution is 2.38. The Balaban J connectivity index is 0.000000355. The predicted molar refractivity (Wildman–Crippen MR) is 178 cm³/mol. The molecule has 0 saturated carbocycles. The van der Waals surface area contributed by atoms with Crippen LogP contribution in [-0.4, -0.2) is 39.1 Å². The van der Waals surface area contributed by atoms with Crippen LogP contribution >= 0.6 is 23.2 Å². The highest BCUT2D eigenvalue weighted by atomic mass is 35.5. The Bertz CT molecular complexity index is 1410. The molecule has 0 aromatic heterocycles. The second kappa shape index (κ2) is 19.6. The summed E-state index contributed by atoms with van der Waals surface area (Å²) in [5, 5.41) is 18.4. The number of rotatable bonds is 6. The number of ether oxygens (including phenoxy) is 1. The zero-order valence-electron chi connectivity index (χ0n) is 26.7. The van der Waals surface area contributed by atoms with Crippen LogP contribution in [0.5, 0.6) is 5.75 Å². The summed E-state index contributed by atoms with van der Waals surface area (Å²) in [6.07, 6.45) is 1.45. The largest absolute Gasteiger partial charge is 0.495 e. The molecule has 3 aromatic carbocycles. The number of nitrogens with one attached hydrogen (secondary N) is 3. The first-order chi connectivity index (χ1) is 21.3. The Hall–Kier alpha value is -3.71. The Morgan fingerprint density at radius 3 is 2.29 bits per heavy atom. The molecule has 3 aromatic rings. The first kappa shape index (κ1) is 39.3. The molecule has 3 N–H and O–H groups in total. The lowest BCUT2D eigenvalue weighted by atomic mass is 9.79. The zero-order chi connectivity index (χ0) is 34.2. The van der Waals surface area contributed by atoms with Gasteiger partial charge in [-0.05, 0) is 59.9 Å². The molecule has 244 valence electrons. The van der Waals surface area contributed by atoms with Gasteiger partial charge < -0.3 is 20.7 Å². The Kier molecular flexibility index (Phi) is 17.1. The maximum atomic E-state index is 14.2. The quantitative estimate of drug-likeness (QED) is 0.231. The molecule has 1 aliphatic rings. The van der Waals surface area contributed by atoms with Gasteiger partial charge in [-0.25, -0.2) is 8.78 Å². The van der Waals surface area contributed by atoms with Gasteiger partial charge in [0.15, 0.2) is 0 Å². The number of hydrogen-bond donors (Lipinski definition) is 3. The van der Waals surface area contributed by atoms with Crippen LogP contribution in [0.15, 0.2) is 60.7 Å². The fourth-order valence-electron chi connectivity index (χ4n) is 4.58. The van der Waals surface area contributed by atoms with Crippen molar-refractivity contribution in [1.29, 1.82) is 5.26 Å². The number of nitrogens with zero attached hydrogens (tertiary/aromatic N) is 1. The number of carbonyl (C=O) groups excluding carboxylic acids is 2. The molecule has 4 rings (SSSR count). The number of methoxy groups -OCH3 is 1. The van der Waals surface area contributed by atoms with Crippen molar-refractivity contribution in [2.75, 3.05) is 26.0 Å². The lowest BCUT2D eigenvalue weighted by Gasteiger charge is -2.26. The smallest absolute Gasteiger partial charge is 0.251 e. The van der Waals surface area contributed by atoms with E-state index in [-0.39, 0.29) is 40.0 Å². The van der Waals surface area contributed by atoms with Gasteiger partial charge in [0.05, 0.1) is 29.8 Å². The van der Waals surface area contributed by atoms with Crippen LogP contribution in [0, 0.1) is 34.3 Å². The minimum atomic E-state index is -0.391. The third kappa shape index (κ3) is 12.7. The molecule has 0 spiro atoms. The van der Waals surface area contributed by atoms with Gasteiger partial charge in [-0.1, -0.05) is 76.0 Å². The van der Waals surface area contributed by atoms with Crippen molar-refractivity contribution >= 4 is 41.2 Å². The average Bonchev–Trinajstić information content (AvgIpc) is 3.40. The molecule has 2 amide bonds. The van der Waals surface area contributed by atoms with Gasteiger partial charge in [-0.15, -0.1) is 0 Å². The number of nitriles is 1. The van der Waals surface area contributed by atoms with E-state index >= 15 is 0 Å². The van der Waals surface area contributed by atoms with Crippen molar-refractivity contribution in [3.8, 4) is 11.8 Å². The minimum Gasteiger partial charge on any atom is -0.495 e. The van der Waals surface area contributed by atoms with E-state index in [9.17, 15) is 23.6 Å². The molecule has 0 aliphatic carbocycles. The van der Waals surface area contributed by atoms with Crippen LogP contribution in [0.1, 0.15) is 62.9 Å². The van der Waals surface area contributed by atoms with Crippen LogP contribution in [-0.2, 0) is 4.79 Å². The highest BCUT2D eigenvalue weighted by molar-refractivity contribution is 6.31. The molecular weight excluding hydrogens is 621 g/mol. The van der Waals surface area contributed by atoms with E-state index in [1.54, 1.807) is 49.5 Å². The third-order valence-electron chi connectivity index (χ3n) is 6.52. The molecule has 7 nitrogen and oxygen atoms in total. The molecule has 11 heteroatoms. The Morgan fingerprint density at radius 2 is 1.78 bits per heavy atom. The summed E-state index contributed by atoms with van der Waals surface area (Å²) in [6, 6.07) is 18.1. The van der Waals surface area contributed by atoms with Gasteiger partial charge in [0.25, 0.3) is 5.91 Å². The number of carbonyl (C=O) groups is 2. The standard InChI is InChI=1S/C16H20ClFN2.C10H12N2O3.C6H4ClF.C2H6/c1-16(2,3)7-14-11(8-19)12(9-20-14)10-5-4-6-13(17)15(10)18;1-11-10(14)7-3-4-8(12-6-13)9(5-7)15-2;7-5-2-1-3-6(8)4-5;1-2/h4-6,11-12,14,20H,7,9H2,1-3H3;3-6H,1-2H3,(H,11,14)(H,12,13);1-4H;1-2H3. The Labute approximate surface area is 275 Å².